The number of amides is 1. The van der Waals surface area contributed by atoms with Crippen molar-refractivity contribution in [1.82, 2.24) is 29.9 Å². The second kappa shape index (κ2) is 7.90. The van der Waals surface area contributed by atoms with Crippen LogP contribution in [-0.4, -0.2) is 48.9 Å². The van der Waals surface area contributed by atoms with Crippen LogP contribution in [0.5, 0.6) is 0 Å². The van der Waals surface area contributed by atoms with Gasteiger partial charge in [-0.1, -0.05) is 13.8 Å². The number of H-pyrrole nitrogens is 1. The maximum Gasteiger partial charge on any atom is 0.257 e. The monoisotopic (exact) mass is 422 g/mol. The molecule has 31 heavy (non-hydrogen) atoms. The fraction of sp³-hybridized carbons (Fsp3) is 0.478. The summed E-state index contributed by atoms with van der Waals surface area (Å²) in [7, 11) is 0. The molecule has 0 unspecified atom stereocenters. The lowest BCUT2D eigenvalue weighted by molar-refractivity contribution is 0.0709. The van der Waals surface area contributed by atoms with Gasteiger partial charge in [0.15, 0.2) is 5.82 Å². The maximum atomic E-state index is 13.3. The SMILES string of the molecule is CC(C)c1c(C(=O)N2CCC(c3nc(C4CC4)n[nH]3)CC2)cnn1-c1ccc(F)cc1. The molecule has 1 N–H and O–H groups in total. The van der Waals surface area contributed by atoms with Crippen LogP contribution in [0.2, 0.25) is 0 Å². The summed E-state index contributed by atoms with van der Waals surface area (Å²) in [4.78, 5) is 19.9. The highest BCUT2D eigenvalue weighted by Gasteiger charge is 2.32. The Morgan fingerprint density at radius 1 is 1.10 bits per heavy atom. The lowest BCUT2D eigenvalue weighted by atomic mass is 9.95. The van der Waals surface area contributed by atoms with Crippen molar-refractivity contribution in [3.8, 4) is 5.69 Å². The van der Waals surface area contributed by atoms with Gasteiger partial charge in [0, 0.05) is 24.9 Å². The zero-order chi connectivity index (χ0) is 21.5. The Labute approximate surface area is 180 Å². The second-order valence-electron chi connectivity index (χ2n) is 8.91. The van der Waals surface area contributed by atoms with Crippen LogP contribution in [0.15, 0.2) is 30.5 Å². The van der Waals surface area contributed by atoms with Gasteiger partial charge in [-0.05, 0) is 55.9 Å². The quantitative estimate of drug-likeness (QED) is 0.670. The fourth-order valence-electron chi connectivity index (χ4n) is 4.39. The van der Waals surface area contributed by atoms with Crippen LogP contribution >= 0.6 is 0 Å². The molecule has 3 aromatic rings. The van der Waals surface area contributed by atoms with Crippen molar-refractivity contribution in [1.29, 1.82) is 0 Å². The van der Waals surface area contributed by atoms with Crippen molar-refractivity contribution in [2.45, 2.75) is 57.3 Å². The van der Waals surface area contributed by atoms with Gasteiger partial charge in [0.1, 0.15) is 11.6 Å². The molecular weight excluding hydrogens is 395 g/mol. The number of likely N-dealkylation sites (tertiary alicyclic amines) is 1. The van der Waals surface area contributed by atoms with Crippen LogP contribution in [0, 0.1) is 5.82 Å². The molecule has 2 fully saturated rings. The van der Waals surface area contributed by atoms with Gasteiger partial charge in [-0.2, -0.15) is 10.2 Å². The summed E-state index contributed by atoms with van der Waals surface area (Å²) in [5.74, 6) is 2.57. The van der Waals surface area contributed by atoms with E-state index in [9.17, 15) is 9.18 Å². The average Bonchev–Trinajstić information content (AvgIpc) is 3.34. The van der Waals surface area contributed by atoms with Crippen LogP contribution in [0.1, 0.15) is 85.0 Å². The Kier molecular flexibility index (Phi) is 5.08. The Bertz CT molecular complexity index is 1070. The van der Waals surface area contributed by atoms with Crippen LogP contribution in [0.3, 0.4) is 0 Å². The number of nitrogens with one attached hydrogen (secondary N) is 1. The van der Waals surface area contributed by atoms with Crippen molar-refractivity contribution < 1.29 is 9.18 Å². The van der Waals surface area contributed by atoms with Crippen LogP contribution in [0.4, 0.5) is 4.39 Å². The van der Waals surface area contributed by atoms with E-state index in [1.165, 1.54) is 25.0 Å². The molecule has 0 spiro atoms. The van der Waals surface area contributed by atoms with Crippen LogP contribution in [0.25, 0.3) is 5.69 Å². The van der Waals surface area contributed by atoms with Gasteiger partial charge < -0.3 is 4.90 Å². The van der Waals surface area contributed by atoms with Crippen LogP contribution < -0.4 is 0 Å². The first-order valence-corrected chi connectivity index (χ1v) is 11.1. The predicted octanol–water partition coefficient (Wildman–Crippen LogP) is 4.15. The minimum atomic E-state index is -0.294. The third kappa shape index (κ3) is 3.86. The zero-order valence-corrected chi connectivity index (χ0v) is 17.9. The summed E-state index contributed by atoms with van der Waals surface area (Å²) in [6.45, 7) is 5.45. The molecule has 3 heterocycles. The Balaban J connectivity index is 1.31. The summed E-state index contributed by atoms with van der Waals surface area (Å²) in [5, 5.41) is 12.0. The number of halogens is 1. The van der Waals surface area contributed by atoms with Gasteiger partial charge in [-0.15, -0.1) is 0 Å². The first kappa shape index (κ1) is 19.9. The van der Waals surface area contributed by atoms with E-state index in [1.807, 2.05) is 18.7 Å². The minimum absolute atomic E-state index is 0.00625. The van der Waals surface area contributed by atoms with Crippen molar-refractivity contribution >= 4 is 5.91 Å². The van der Waals surface area contributed by atoms with Crippen molar-refractivity contribution in [2.24, 2.45) is 0 Å². The molecule has 7 nitrogen and oxygen atoms in total. The number of rotatable bonds is 5. The highest BCUT2D eigenvalue weighted by Crippen LogP contribution is 2.38. The van der Waals surface area contributed by atoms with Gasteiger partial charge in [0.2, 0.25) is 0 Å². The zero-order valence-electron chi connectivity index (χ0n) is 17.9. The molecule has 0 radical (unpaired) electrons. The number of benzene rings is 1. The van der Waals surface area contributed by atoms with E-state index in [1.54, 1.807) is 23.0 Å². The van der Waals surface area contributed by atoms with E-state index >= 15 is 0 Å². The number of aromatic amines is 1. The topological polar surface area (TPSA) is 79.7 Å². The normalized spacial score (nSPS) is 17.5. The van der Waals surface area contributed by atoms with E-state index in [-0.39, 0.29) is 17.6 Å². The third-order valence-electron chi connectivity index (χ3n) is 6.29. The average molecular weight is 423 g/mol. The van der Waals surface area contributed by atoms with E-state index in [2.05, 4.69) is 15.3 Å². The molecule has 1 saturated heterocycles. The third-order valence-corrected chi connectivity index (χ3v) is 6.29. The van der Waals surface area contributed by atoms with Crippen molar-refractivity contribution in [3.63, 3.8) is 0 Å². The largest absolute Gasteiger partial charge is 0.338 e. The number of hydrogen-bond donors (Lipinski definition) is 1. The molecule has 1 saturated carbocycles. The summed E-state index contributed by atoms with van der Waals surface area (Å²) in [6, 6.07) is 6.18. The van der Waals surface area contributed by atoms with E-state index in [0.29, 0.717) is 30.5 Å². The lowest BCUT2D eigenvalue weighted by Crippen LogP contribution is -2.38. The number of piperidine rings is 1. The van der Waals surface area contributed by atoms with Gasteiger partial charge in [-0.3, -0.25) is 9.89 Å². The maximum absolute atomic E-state index is 13.3. The standard InChI is InChI=1S/C23H27FN6O/c1-14(2)20-19(13-25-30(20)18-7-5-17(24)6-8-18)23(31)29-11-9-16(10-12-29)22-26-21(27-28-22)15-3-4-15/h5-8,13-16H,3-4,9-12H2,1-2H3,(H,26,27,28). The summed E-state index contributed by atoms with van der Waals surface area (Å²) in [5.41, 5.74) is 2.22. The van der Waals surface area contributed by atoms with Crippen molar-refractivity contribution in [2.75, 3.05) is 13.1 Å². The Morgan fingerprint density at radius 3 is 2.45 bits per heavy atom. The van der Waals surface area contributed by atoms with Gasteiger partial charge in [-0.25, -0.2) is 14.1 Å². The molecule has 5 rings (SSSR count). The molecule has 0 bridgehead atoms. The summed E-state index contributed by atoms with van der Waals surface area (Å²) < 4.78 is 15.1. The fourth-order valence-corrected chi connectivity index (χ4v) is 4.39. The molecule has 0 atom stereocenters. The molecular formula is C23H27FN6O. The first-order valence-electron chi connectivity index (χ1n) is 11.1. The molecule has 1 aliphatic heterocycles. The number of carbonyl (C=O) groups excluding carboxylic acids is 1. The second-order valence-corrected chi connectivity index (χ2v) is 8.91. The Hall–Kier alpha value is -3.03. The molecule has 162 valence electrons. The van der Waals surface area contributed by atoms with E-state index in [4.69, 9.17) is 4.98 Å². The van der Waals surface area contributed by atoms with E-state index < -0.39 is 0 Å². The summed E-state index contributed by atoms with van der Waals surface area (Å²) in [6.07, 6.45) is 5.76. The molecule has 8 heteroatoms. The molecule has 1 aromatic carbocycles. The van der Waals surface area contributed by atoms with Crippen molar-refractivity contribution in [3.05, 3.63) is 59.2 Å². The van der Waals surface area contributed by atoms with Crippen LogP contribution in [-0.2, 0) is 0 Å². The summed E-state index contributed by atoms with van der Waals surface area (Å²) >= 11 is 0. The first-order chi connectivity index (χ1) is 15.0. The molecule has 1 amide bonds. The van der Waals surface area contributed by atoms with Gasteiger partial charge >= 0.3 is 0 Å². The lowest BCUT2D eigenvalue weighted by Gasteiger charge is -2.31. The smallest absolute Gasteiger partial charge is 0.257 e. The molecule has 2 aliphatic rings. The van der Waals surface area contributed by atoms with Gasteiger partial charge in [0.05, 0.1) is 23.1 Å². The number of carbonyl (C=O) groups is 1. The molecule has 1 aliphatic carbocycles. The number of hydrogen-bond acceptors (Lipinski definition) is 4. The highest BCUT2D eigenvalue weighted by atomic mass is 19.1. The van der Waals surface area contributed by atoms with Gasteiger partial charge in [0.25, 0.3) is 5.91 Å². The highest BCUT2D eigenvalue weighted by molar-refractivity contribution is 5.95. The predicted molar refractivity (Wildman–Crippen MR) is 114 cm³/mol. The number of aromatic nitrogens is 5. The molecule has 2 aromatic heterocycles. The van der Waals surface area contributed by atoms with E-state index in [0.717, 1.165) is 35.9 Å². The number of nitrogens with zero attached hydrogens (tertiary/aromatic N) is 5. The Morgan fingerprint density at radius 2 is 1.81 bits per heavy atom. The minimum Gasteiger partial charge on any atom is -0.338 e.